The molecule has 0 saturated carbocycles. The second-order valence-corrected chi connectivity index (χ2v) is 7.99. The summed E-state index contributed by atoms with van der Waals surface area (Å²) >= 11 is 0. The summed E-state index contributed by atoms with van der Waals surface area (Å²) in [5, 5.41) is 5.83. The molecule has 0 aromatic heterocycles. The fourth-order valence-electron chi connectivity index (χ4n) is 3.57. The third-order valence-corrected chi connectivity index (χ3v) is 5.30. The number of carbonyl (C=O) groups is 2. The Labute approximate surface area is 199 Å². The molecule has 2 N–H and O–H groups in total. The van der Waals surface area contributed by atoms with Crippen LogP contribution < -0.4 is 15.4 Å². The van der Waals surface area contributed by atoms with Crippen LogP contribution in [0.1, 0.15) is 21.5 Å². The van der Waals surface area contributed by atoms with E-state index >= 15 is 0 Å². The highest BCUT2D eigenvalue weighted by Crippen LogP contribution is 2.30. The number of nitrogens with one attached hydrogen (secondary N) is 2. The highest BCUT2D eigenvalue weighted by atomic mass is 16.5. The molecule has 0 spiro atoms. The molecular formula is C29H26N2O3. The van der Waals surface area contributed by atoms with Gasteiger partial charge in [-0.3, -0.25) is 9.59 Å². The summed E-state index contributed by atoms with van der Waals surface area (Å²) < 4.78 is 6.04. The van der Waals surface area contributed by atoms with E-state index in [0.717, 1.165) is 11.1 Å². The van der Waals surface area contributed by atoms with E-state index in [4.69, 9.17) is 4.74 Å². The van der Waals surface area contributed by atoms with Crippen molar-refractivity contribution >= 4 is 17.5 Å². The van der Waals surface area contributed by atoms with Crippen molar-refractivity contribution in [2.75, 3.05) is 5.32 Å². The number of ether oxygens (including phenoxy) is 1. The lowest BCUT2D eigenvalue weighted by Crippen LogP contribution is -2.45. The predicted octanol–water partition coefficient (Wildman–Crippen LogP) is 5.77. The number of anilines is 1. The van der Waals surface area contributed by atoms with Gasteiger partial charge in [0.05, 0.1) is 5.69 Å². The van der Waals surface area contributed by atoms with Gasteiger partial charge in [-0.15, -0.1) is 0 Å². The van der Waals surface area contributed by atoms with Crippen LogP contribution in [0.3, 0.4) is 0 Å². The Morgan fingerprint density at radius 2 is 1.47 bits per heavy atom. The minimum Gasteiger partial charge on any atom is -0.455 e. The summed E-state index contributed by atoms with van der Waals surface area (Å²) in [6, 6.07) is 32.6. The minimum absolute atomic E-state index is 0.305. The average Bonchev–Trinajstić information content (AvgIpc) is 2.86. The van der Waals surface area contributed by atoms with Gasteiger partial charge in [0, 0.05) is 12.0 Å². The molecule has 0 heterocycles. The van der Waals surface area contributed by atoms with Gasteiger partial charge in [-0.2, -0.15) is 0 Å². The van der Waals surface area contributed by atoms with Gasteiger partial charge in [-0.25, -0.2) is 0 Å². The molecule has 0 aliphatic heterocycles. The molecule has 2 amide bonds. The molecule has 1 atom stereocenters. The summed E-state index contributed by atoms with van der Waals surface area (Å²) in [5.41, 5.74) is 3.04. The fraction of sp³-hybridized carbons (Fsp3) is 0.103. The van der Waals surface area contributed by atoms with Crippen LogP contribution in [-0.4, -0.2) is 17.9 Å². The molecule has 170 valence electrons. The van der Waals surface area contributed by atoms with Crippen molar-refractivity contribution in [1.29, 1.82) is 0 Å². The van der Waals surface area contributed by atoms with Crippen LogP contribution in [0.15, 0.2) is 109 Å². The van der Waals surface area contributed by atoms with Gasteiger partial charge in [0.25, 0.3) is 5.91 Å². The average molecular weight is 451 g/mol. The summed E-state index contributed by atoms with van der Waals surface area (Å²) in [4.78, 5) is 26.2. The lowest BCUT2D eigenvalue weighted by atomic mass is 10.0. The Morgan fingerprint density at radius 3 is 2.21 bits per heavy atom. The molecule has 0 unspecified atom stereocenters. The van der Waals surface area contributed by atoms with Crippen molar-refractivity contribution in [3.63, 3.8) is 0 Å². The maximum atomic E-state index is 13.4. The molecule has 34 heavy (non-hydrogen) atoms. The third-order valence-electron chi connectivity index (χ3n) is 5.30. The van der Waals surface area contributed by atoms with Crippen molar-refractivity contribution in [3.05, 3.63) is 126 Å². The van der Waals surface area contributed by atoms with Gasteiger partial charge in [-0.1, -0.05) is 72.8 Å². The van der Waals surface area contributed by atoms with Gasteiger partial charge in [-0.05, 0) is 54.4 Å². The van der Waals surface area contributed by atoms with Crippen LogP contribution in [0.5, 0.6) is 11.5 Å². The highest BCUT2D eigenvalue weighted by Gasteiger charge is 2.23. The number of para-hydroxylation sites is 2. The zero-order valence-electron chi connectivity index (χ0n) is 18.9. The largest absolute Gasteiger partial charge is 0.455 e. The molecule has 0 radical (unpaired) electrons. The molecule has 0 bridgehead atoms. The Hall–Kier alpha value is -4.38. The van der Waals surface area contributed by atoms with Crippen LogP contribution in [0.25, 0.3) is 0 Å². The van der Waals surface area contributed by atoms with Gasteiger partial charge in [0.1, 0.15) is 11.8 Å². The first-order chi connectivity index (χ1) is 16.6. The third kappa shape index (κ3) is 6.11. The first-order valence-corrected chi connectivity index (χ1v) is 11.1. The van der Waals surface area contributed by atoms with E-state index in [2.05, 4.69) is 10.6 Å². The van der Waals surface area contributed by atoms with E-state index in [9.17, 15) is 9.59 Å². The quantitative estimate of drug-likeness (QED) is 0.358. The number of hydrogen-bond donors (Lipinski definition) is 2. The topological polar surface area (TPSA) is 67.4 Å². The van der Waals surface area contributed by atoms with Crippen molar-refractivity contribution in [3.8, 4) is 11.5 Å². The number of rotatable bonds is 8. The van der Waals surface area contributed by atoms with E-state index in [1.54, 1.807) is 36.4 Å². The smallest absolute Gasteiger partial charge is 0.251 e. The van der Waals surface area contributed by atoms with E-state index in [0.29, 0.717) is 29.2 Å². The maximum Gasteiger partial charge on any atom is 0.251 e. The second kappa shape index (κ2) is 11.0. The Balaban J connectivity index is 1.55. The molecule has 4 aromatic rings. The molecular weight excluding hydrogens is 424 g/mol. The molecule has 4 aromatic carbocycles. The van der Waals surface area contributed by atoms with Gasteiger partial charge in [0.15, 0.2) is 5.75 Å². The lowest BCUT2D eigenvalue weighted by molar-refractivity contribution is -0.118. The molecule has 0 fully saturated rings. The van der Waals surface area contributed by atoms with E-state index in [1.807, 2.05) is 79.7 Å². The van der Waals surface area contributed by atoms with Gasteiger partial charge >= 0.3 is 0 Å². The molecule has 5 nitrogen and oxygen atoms in total. The van der Waals surface area contributed by atoms with E-state index in [-0.39, 0.29) is 11.8 Å². The standard InChI is InChI=1S/C29H26N2O3/c1-21-11-10-16-24(19-21)34-27-18-9-8-17-25(27)30-29(33)26(20-22-12-4-2-5-13-22)31-28(32)23-14-6-3-7-15-23/h2-19,26H,20H2,1H3,(H,30,33)(H,31,32)/t26-/m1/s1. The minimum atomic E-state index is -0.776. The van der Waals surface area contributed by atoms with Crippen molar-refractivity contribution in [2.45, 2.75) is 19.4 Å². The number of hydrogen-bond acceptors (Lipinski definition) is 3. The van der Waals surface area contributed by atoms with Gasteiger partial charge < -0.3 is 15.4 Å². The van der Waals surface area contributed by atoms with Crippen LogP contribution in [0.4, 0.5) is 5.69 Å². The van der Waals surface area contributed by atoms with Crippen molar-refractivity contribution in [2.24, 2.45) is 0 Å². The summed E-state index contributed by atoms with van der Waals surface area (Å²) in [5.74, 6) is 0.573. The molecule has 4 rings (SSSR count). The summed E-state index contributed by atoms with van der Waals surface area (Å²) in [6.45, 7) is 1.99. The normalized spacial score (nSPS) is 11.3. The first kappa shape index (κ1) is 22.8. The maximum absolute atomic E-state index is 13.4. The molecule has 5 heteroatoms. The van der Waals surface area contributed by atoms with Crippen molar-refractivity contribution < 1.29 is 14.3 Å². The van der Waals surface area contributed by atoms with Crippen LogP contribution in [0, 0.1) is 6.92 Å². The number of aryl methyl sites for hydroxylation is 1. The van der Waals surface area contributed by atoms with E-state index in [1.165, 1.54) is 0 Å². The number of carbonyl (C=O) groups excluding carboxylic acids is 2. The molecule has 0 saturated heterocycles. The first-order valence-electron chi connectivity index (χ1n) is 11.1. The predicted molar refractivity (Wildman–Crippen MR) is 134 cm³/mol. The van der Waals surface area contributed by atoms with Crippen LogP contribution in [0.2, 0.25) is 0 Å². The highest BCUT2D eigenvalue weighted by molar-refractivity contribution is 6.01. The SMILES string of the molecule is Cc1cccc(Oc2ccccc2NC(=O)[C@@H](Cc2ccccc2)NC(=O)c2ccccc2)c1. The Morgan fingerprint density at radius 1 is 0.794 bits per heavy atom. The summed E-state index contributed by atoms with van der Waals surface area (Å²) in [6.07, 6.45) is 0.353. The number of amides is 2. The van der Waals surface area contributed by atoms with E-state index < -0.39 is 6.04 Å². The van der Waals surface area contributed by atoms with Gasteiger partial charge in [0.2, 0.25) is 5.91 Å². The summed E-state index contributed by atoms with van der Waals surface area (Å²) in [7, 11) is 0. The zero-order chi connectivity index (χ0) is 23.8. The molecule has 0 aliphatic carbocycles. The monoisotopic (exact) mass is 450 g/mol. The fourth-order valence-corrected chi connectivity index (χ4v) is 3.57. The molecule has 0 aliphatic rings. The van der Waals surface area contributed by atoms with Crippen molar-refractivity contribution in [1.82, 2.24) is 5.32 Å². The second-order valence-electron chi connectivity index (χ2n) is 7.99. The van der Waals surface area contributed by atoms with Crippen LogP contribution in [-0.2, 0) is 11.2 Å². The zero-order valence-corrected chi connectivity index (χ0v) is 18.9. The lowest BCUT2D eigenvalue weighted by Gasteiger charge is -2.20. The van der Waals surface area contributed by atoms with Crippen LogP contribution >= 0.6 is 0 Å². The number of benzene rings is 4. The Bertz CT molecular complexity index is 1260. The Kier molecular flexibility index (Phi) is 7.35.